The Balaban J connectivity index is 0.000000644. The van der Waals surface area contributed by atoms with Crippen molar-refractivity contribution in [2.45, 2.75) is 190 Å². The average molecular weight is 1410 g/mol. The molecule has 21 N–H and O–H groups in total. The summed E-state index contributed by atoms with van der Waals surface area (Å²) in [6.45, 7) is 0.650. The van der Waals surface area contributed by atoms with Crippen molar-refractivity contribution in [1.82, 2.24) is 20.0 Å². The Hall–Kier alpha value is -9.37. The molecule has 99 heavy (non-hydrogen) atoms. The number of hydrogen-bond acceptors (Lipinski definition) is 22. The zero-order valence-corrected chi connectivity index (χ0v) is 54.4. The number of alkyl halides is 1. The van der Waals surface area contributed by atoms with E-state index in [1.54, 1.807) is 0 Å². The van der Waals surface area contributed by atoms with E-state index in [2.05, 4.69) is 5.32 Å². The summed E-state index contributed by atoms with van der Waals surface area (Å²) < 4.78 is 28.7. The van der Waals surface area contributed by atoms with E-state index >= 15 is 0 Å². The molecule has 0 aromatic heterocycles. The molecular formula is C62H92FN9O27. The van der Waals surface area contributed by atoms with Crippen LogP contribution in [0.2, 0.25) is 0 Å². The zero-order chi connectivity index (χ0) is 74.9. The van der Waals surface area contributed by atoms with E-state index in [-0.39, 0.29) is 109 Å². The number of likely N-dealkylation sites (tertiary alicyclic amines) is 3. The fourth-order valence-electron chi connectivity index (χ4n) is 9.41. The van der Waals surface area contributed by atoms with Gasteiger partial charge in [-0.05, 0) is 68.1 Å². The van der Waals surface area contributed by atoms with Gasteiger partial charge in [-0.1, -0.05) is 67.4 Å². The molecule has 5 rings (SSSR count). The first-order valence-corrected chi connectivity index (χ1v) is 31.3. The summed E-state index contributed by atoms with van der Waals surface area (Å²) in [5.74, 6) is -12.7. The molecule has 0 aliphatic carbocycles. The van der Waals surface area contributed by atoms with Crippen molar-refractivity contribution in [2.24, 2.45) is 28.7 Å². The van der Waals surface area contributed by atoms with Gasteiger partial charge >= 0.3 is 59.7 Å². The highest BCUT2D eigenvalue weighted by Crippen LogP contribution is 2.26. The van der Waals surface area contributed by atoms with Crippen LogP contribution in [0.15, 0.2) is 54.6 Å². The highest BCUT2D eigenvalue weighted by atomic mass is 18.2. The van der Waals surface area contributed by atoms with Crippen molar-refractivity contribution >= 4 is 83.3 Å². The minimum absolute atomic E-state index is 0.0131. The number of benzene rings is 2. The molecule has 3 aliphatic heterocycles. The molecule has 0 spiro atoms. The standard InChI is InChI=1S/C20H27FN2O7.C17H22N2O6.C10H16N2O5.C8H15NO4.C7H12N2O5/c21-7-8-29-11-13-1-3-14(4-2-13)12-30-15-9-17(20(27)28)23(10-15)18(24)6-5-16(22)19(25)26;18-13(16(21)22)6-7-15(20)19-9-12(8-14(19)17(23)24)25-10-11-4-2-1-3-5-11;11-6(9(14)15)3-4-8(13)12-5-1-2-7(12)10(16)17;9-6(8(12)13)4-2-1-3-5-7(10)11;8-4(7(13)14)1-2-5(10)9-3-6(11)12/h1-4,15-17H,5-12,22H2,(H,25,26)(H,27,28);1-5,12-14H,6-10,18H2,(H,21,22)(H,23,24);6-7H,1-5,11H2,(H,14,15)(H,16,17);6H,1-5,9H2,(H,10,11)(H,12,13);4H,1-3,8H2,(H,9,10)(H,11,12)(H,13,14)/t15-,16+,17+;12-,13+,14+;6-,7-;6-;4-/m11000/s1/i21-1;;;;. The molecule has 3 heterocycles. The molecule has 37 heteroatoms. The minimum atomic E-state index is -1.21. The molecular weight excluding hydrogens is 1320 g/mol. The lowest BCUT2D eigenvalue weighted by Crippen LogP contribution is -2.41. The summed E-state index contributed by atoms with van der Waals surface area (Å²) in [6.07, 6.45) is 2.70. The Bertz CT molecular complexity index is 2950. The second-order valence-electron chi connectivity index (χ2n) is 22.8. The van der Waals surface area contributed by atoms with E-state index < -0.39 is 145 Å². The average Bonchev–Trinajstić information content (AvgIpc) is 1.78. The molecule has 3 fully saturated rings. The van der Waals surface area contributed by atoms with Gasteiger partial charge in [0.25, 0.3) is 0 Å². The number of carbonyl (C=O) groups is 14. The SMILES string of the molecule is N[C@@H](CCC(=O)N1CCC[C@H]1C(=O)O)C(=O)O.N[C@@H](CCC(=O)N1C[C@H](OCc2ccc(COCC[18F])cc2)C[C@H]1C(=O)O)C(=O)O.N[C@@H](CCC(=O)N1C[C@H](OCc2ccccc2)C[C@H]1C(=O)O)C(=O)O.N[C@@H](CCC(=O)NCC(=O)O)C(=O)O.N[C@@H](CCCCCC(=O)O)C(=O)O. The van der Waals surface area contributed by atoms with Crippen LogP contribution in [0.4, 0.5) is 4.39 Å². The molecule has 0 bridgehead atoms. The number of nitrogens with two attached hydrogens (primary N) is 5. The lowest BCUT2D eigenvalue weighted by molar-refractivity contribution is -0.148. The molecule has 0 saturated carbocycles. The smallest absolute Gasteiger partial charge is 0.326 e. The van der Waals surface area contributed by atoms with Gasteiger partial charge in [-0.25, -0.2) is 18.8 Å². The molecule has 554 valence electrons. The largest absolute Gasteiger partial charge is 0.481 e. The van der Waals surface area contributed by atoms with Gasteiger partial charge in [0.05, 0.1) is 38.6 Å². The first-order chi connectivity index (χ1) is 46.6. The molecule has 3 aliphatic rings. The predicted octanol–water partition coefficient (Wildman–Crippen LogP) is -0.548. The van der Waals surface area contributed by atoms with E-state index in [4.69, 9.17) is 83.7 Å². The maximum Gasteiger partial charge on any atom is 0.326 e. The van der Waals surface area contributed by atoms with Crippen LogP contribution < -0.4 is 34.0 Å². The van der Waals surface area contributed by atoms with Gasteiger partial charge in [-0.15, -0.1) is 0 Å². The molecule has 3 saturated heterocycles. The van der Waals surface area contributed by atoms with Crippen LogP contribution >= 0.6 is 0 Å². The summed E-state index contributed by atoms with van der Waals surface area (Å²) in [4.78, 5) is 157. The van der Waals surface area contributed by atoms with Crippen molar-refractivity contribution in [3.63, 3.8) is 0 Å². The van der Waals surface area contributed by atoms with Gasteiger partial charge in [0.2, 0.25) is 23.6 Å². The lowest BCUT2D eigenvalue weighted by atomic mass is 10.1. The first kappa shape index (κ1) is 87.6. The third kappa shape index (κ3) is 36.7. The number of unbranched alkanes of at least 4 members (excludes halogenated alkanes) is 2. The molecule has 36 nitrogen and oxygen atoms in total. The first-order valence-electron chi connectivity index (χ1n) is 31.3. The number of nitrogens with zero attached hydrogens (tertiary/aromatic N) is 3. The van der Waals surface area contributed by atoms with Crippen LogP contribution in [0.25, 0.3) is 0 Å². The van der Waals surface area contributed by atoms with Gasteiger partial charge in [-0.3, -0.25) is 52.7 Å². The van der Waals surface area contributed by atoms with Gasteiger partial charge in [0.15, 0.2) is 0 Å². The number of carboxylic acid groups (broad SMARTS) is 10. The van der Waals surface area contributed by atoms with Crippen LogP contribution in [-0.2, 0) is 101 Å². The predicted molar refractivity (Wildman–Crippen MR) is 340 cm³/mol. The fraction of sp³-hybridized carbons (Fsp3) is 0.581. The van der Waals surface area contributed by atoms with Gasteiger partial charge < -0.3 is 114 Å². The van der Waals surface area contributed by atoms with Crippen LogP contribution in [0.3, 0.4) is 0 Å². The third-order valence-corrected chi connectivity index (χ3v) is 15.0. The van der Waals surface area contributed by atoms with E-state index in [1.165, 1.54) is 14.7 Å². The molecule has 10 atom stereocenters. The summed E-state index contributed by atoms with van der Waals surface area (Å²) >= 11 is 0. The van der Waals surface area contributed by atoms with Crippen molar-refractivity contribution in [2.75, 3.05) is 39.5 Å². The Morgan fingerprint density at radius 2 is 0.838 bits per heavy atom. The number of ether oxygens (including phenoxy) is 3. The second kappa shape index (κ2) is 47.6. The Labute approximate surface area is 567 Å². The molecule has 2 aromatic rings. The number of nitrogens with one attached hydrogen (secondary N) is 1. The molecule has 2 aromatic carbocycles. The van der Waals surface area contributed by atoms with Crippen molar-refractivity contribution in [3.05, 3.63) is 71.3 Å². The Morgan fingerprint density at radius 3 is 1.22 bits per heavy atom. The maximum atomic E-state index is 12.4. The summed E-state index contributed by atoms with van der Waals surface area (Å²) in [5.41, 5.74) is 29.2. The normalized spacial score (nSPS) is 18.2. The van der Waals surface area contributed by atoms with Gasteiger partial charge in [0.1, 0.15) is 61.6 Å². The molecule has 0 radical (unpaired) electrons. The van der Waals surface area contributed by atoms with Gasteiger partial charge in [0, 0.05) is 64.6 Å². The Kier molecular flexibility index (Phi) is 42.1. The van der Waals surface area contributed by atoms with Gasteiger partial charge in [-0.2, -0.15) is 0 Å². The van der Waals surface area contributed by atoms with Crippen LogP contribution in [0.1, 0.15) is 126 Å². The lowest BCUT2D eigenvalue weighted by Gasteiger charge is -2.21. The summed E-state index contributed by atoms with van der Waals surface area (Å²) in [7, 11) is 0. The van der Waals surface area contributed by atoms with Crippen LogP contribution in [0.5, 0.6) is 0 Å². The van der Waals surface area contributed by atoms with Crippen LogP contribution in [-0.4, -0.2) is 249 Å². The molecule has 0 unspecified atom stereocenters. The number of carboxylic acids is 10. The highest BCUT2D eigenvalue weighted by molar-refractivity contribution is 5.87. The third-order valence-electron chi connectivity index (χ3n) is 15.0. The number of halogens is 1. The number of carbonyl (C=O) groups excluding carboxylic acids is 4. The number of rotatable bonds is 38. The minimum Gasteiger partial charge on any atom is -0.481 e. The fourth-order valence-corrected chi connectivity index (χ4v) is 9.41. The Morgan fingerprint density at radius 1 is 0.455 bits per heavy atom. The monoisotopic (exact) mass is 1410 g/mol. The number of aliphatic carboxylic acids is 10. The number of hydrogen-bond donors (Lipinski definition) is 16. The van der Waals surface area contributed by atoms with Crippen molar-refractivity contribution in [1.29, 1.82) is 0 Å². The topological polar surface area (TPSA) is 621 Å². The van der Waals surface area contributed by atoms with E-state index in [9.17, 15) is 81.7 Å². The summed E-state index contributed by atoms with van der Waals surface area (Å²) in [5, 5.41) is 89.1. The van der Waals surface area contributed by atoms with E-state index in [0.29, 0.717) is 58.3 Å². The van der Waals surface area contributed by atoms with E-state index in [0.717, 1.165) is 16.7 Å². The highest BCUT2D eigenvalue weighted by Gasteiger charge is 2.42. The maximum absolute atomic E-state index is 12.4. The molecule has 4 amide bonds. The quantitative estimate of drug-likeness (QED) is 0.0375. The summed E-state index contributed by atoms with van der Waals surface area (Å²) in [6, 6.07) is 8.78. The van der Waals surface area contributed by atoms with Crippen molar-refractivity contribution in [3.8, 4) is 0 Å². The second-order valence-corrected chi connectivity index (χ2v) is 22.8. The number of amides is 4. The zero-order valence-electron chi connectivity index (χ0n) is 54.4. The van der Waals surface area contributed by atoms with E-state index in [1.807, 2.05) is 54.6 Å². The van der Waals surface area contributed by atoms with Crippen LogP contribution in [0, 0.1) is 0 Å². The van der Waals surface area contributed by atoms with Crippen molar-refractivity contribution < 1.29 is 137 Å².